The fourth-order valence-electron chi connectivity index (χ4n) is 1.65. The van der Waals surface area contributed by atoms with Crippen LogP contribution in [0.5, 0.6) is 0 Å². The first-order valence-corrected chi connectivity index (χ1v) is 5.67. The molecule has 3 nitrogen and oxygen atoms in total. The largest absolute Gasteiger partial charge is 0.383 e. The molecule has 0 spiro atoms. The number of halogens is 1. The molecule has 2 N–H and O–H groups in total. The van der Waals surface area contributed by atoms with E-state index < -0.39 is 0 Å². The van der Waals surface area contributed by atoms with Crippen LogP contribution in [0, 0.1) is 0 Å². The van der Waals surface area contributed by atoms with Crippen LogP contribution in [-0.2, 0) is 11.3 Å². The number of likely N-dealkylation sites (N-methyl/N-ethyl adjacent to an activating group) is 1. The van der Waals surface area contributed by atoms with E-state index in [4.69, 9.17) is 22.1 Å². The highest BCUT2D eigenvalue weighted by Gasteiger charge is 2.08. The van der Waals surface area contributed by atoms with Crippen molar-refractivity contribution < 1.29 is 4.74 Å². The quantitative estimate of drug-likeness (QED) is 0.826. The average Bonchev–Trinajstić information content (AvgIpc) is 2.21. The van der Waals surface area contributed by atoms with Gasteiger partial charge in [-0.3, -0.25) is 0 Å². The zero-order valence-corrected chi connectivity index (χ0v) is 10.6. The Bertz CT molecular complexity index is 320. The van der Waals surface area contributed by atoms with Crippen molar-refractivity contribution in [3.8, 4) is 0 Å². The van der Waals surface area contributed by atoms with Crippen LogP contribution < -0.4 is 5.73 Å². The molecule has 0 fully saturated rings. The second-order valence-corrected chi connectivity index (χ2v) is 4.41. The van der Waals surface area contributed by atoms with Gasteiger partial charge in [-0.25, -0.2) is 0 Å². The molecule has 0 aliphatic rings. The number of ether oxygens (including phenoxy) is 1. The van der Waals surface area contributed by atoms with Gasteiger partial charge in [-0.2, -0.15) is 0 Å². The third kappa shape index (κ3) is 4.49. The summed E-state index contributed by atoms with van der Waals surface area (Å²) in [5.41, 5.74) is 7.00. The zero-order valence-electron chi connectivity index (χ0n) is 9.82. The van der Waals surface area contributed by atoms with Gasteiger partial charge in [0.25, 0.3) is 0 Å². The number of nitrogens with zero attached hydrogens (tertiary/aromatic N) is 1. The minimum absolute atomic E-state index is 0.0393. The summed E-state index contributed by atoms with van der Waals surface area (Å²) in [6.45, 7) is 2.17. The lowest BCUT2D eigenvalue weighted by Crippen LogP contribution is -2.38. The summed E-state index contributed by atoms with van der Waals surface area (Å²) in [6.07, 6.45) is 0. The molecular formula is C12H19ClN2O. The summed E-state index contributed by atoms with van der Waals surface area (Å²) in [5.74, 6) is 0. The molecule has 1 aromatic carbocycles. The van der Waals surface area contributed by atoms with Gasteiger partial charge in [-0.15, -0.1) is 0 Å². The van der Waals surface area contributed by atoms with Crippen molar-refractivity contribution in [1.82, 2.24) is 4.90 Å². The molecule has 1 unspecified atom stereocenters. The van der Waals surface area contributed by atoms with Gasteiger partial charge in [-0.1, -0.05) is 29.8 Å². The molecule has 16 heavy (non-hydrogen) atoms. The lowest BCUT2D eigenvalue weighted by molar-refractivity contribution is 0.160. The summed E-state index contributed by atoms with van der Waals surface area (Å²) in [6, 6.07) is 7.89. The first-order valence-electron chi connectivity index (χ1n) is 5.30. The average molecular weight is 243 g/mol. The maximum atomic E-state index is 6.08. The predicted molar refractivity (Wildman–Crippen MR) is 67.6 cm³/mol. The smallest absolute Gasteiger partial charge is 0.0626 e. The van der Waals surface area contributed by atoms with Crippen molar-refractivity contribution in [2.24, 2.45) is 5.73 Å². The molecule has 0 heterocycles. The summed E-state index contributed by atoms with van der Waals surface area (Å²) >= 11 is 6.08. The first kappa shape index (κ1) is 13.5. The molecule has 4 heteroatoms. The van der Waals surface area contributed by atoms with Gasteiger partial charge >= 0.3 is 0 Å². The highest BCUT2D eigenvalue weighted by Crippen LogP contribution is 2.16. The molecule has 0 bridgehead atoms. The molecule has 1 atom stereocenters. The second-order valence-electron chi connectivity index (χ2n) is 4.00. The van der Waals surface area contributed by atoms with E-state index in [0.717, 1.165) is 23.7 Å². The Morgan fingerprint density at radius 1 is 1.44 bits per heavy atom. The van der Waals surface area contributed by atoms with Crippen LogP contribution in [0.15, 0.2) is 24.3 Å². The van der Waals surface area contributed by atoms with E-state index in [1.807, 2.05) is 31.3 Å². The van der Waals surface area contributed by atoms with E-state index in [1.165, 1.54) is 0 Å². The molecule has 0 radical (unpaired) electrons. The van der Waals surface area contributed by atoms with E-state index in [0.29, 0.717) is 6.61 Å². The third-order valence-corrected chi connectivity index (χ3v) is 2.69. The van der Waals surface area contributed by atoms with Crippen LogP contribution in [0.4, 0.5) is 0 Å². The maximum absolute atomic E-state index is 6.08. The summed E-state index contributed by atoms with van der Waals surface area (Å²) < 4.78 is 5.00. The van der Waals surface area contributed by atoms with Crippen molar-refractivity contribution in [2.75, 3.05) is 27.3 Å². The van der Waals surface area contributed by atoms with Crippen LogP contribution >= 0.6 is 11.6 Å². The van der Waals surface area contributed by atoms with E-state index >= 15 is 0 Å². The van der Waals surface area contributed by atoms with Gasteiger partial charge < -0.3 is 15.4 Å². The summed E-state index contributed by atoms with van der Waals surface area (Å²) in [5, 5.41) is 0.801. The molecule has 0 aromatic heterocycles. The molecule has 0 saturated carbocycles. The van der Waals surface area contributed by atoms with Crippen molar-refractivity contribution in [3.63, 3.8) is 0 Å². The Morgan fingerprint density at radius 2 is 2.12 bits per heavy atom. The minimum atomic E-state index is 0.0393. The van der Waals surface area contributed by atoms with Gasteiger partial charge in [0.15, 0.2) is 0 Å². The summed E-state index contributed by atoms with van der Waals surface area (Å²) in [7, 11) is 3.69. The Kier molecular flexibility index (Phi) is 5.77. The second kappa shape index (κ2) is 6.86. The molecule has 0 aliphatic heterocycles. The number of rotatable bonds is 6. The Hall–Kier alpha value is -0.610. The zero-order chi connectivity index (χ0) is 12.0. The van der Waals surface area contributed by atoms with Crippen molar-refractivity contribution in [2.45, 2.75) is 12.6 Å². The van der Waals surface area contributed by atoms with Gasteiger partial charge in [0, 0.05) is 31.3 Å². The highest BCUT2D eigenvalue weighted by atomic mass is 35.5. The van der Waals surface area contributed by atoms with Crippen molar-refractivity contribution in [1.29, 1.82) is 0 Å². The maximum Gasteiger partial charge on any atom is 0.0626 e. The SMILES string of the molecule is COCC(N)CN(C)Cc1ccccc1Cl. The number of nitrogens with two attached hydrogens (primary N) is 1. The Morgan fingerprint density at radius 3 is 2.75 bits per heavy atom. The van der Waals surface area contributed by atoms with Gasteiger partial charge in [-0.05, 0) is 18.7 Å². The third-order valence-electron chi connectivity index (χ3n) is 2.33. The monoisotopic (exact) mass is 242 g/mol. The Balaban J connectivity index is 2.45. The van der Waals surface area contributed by atoms with Gasteiger partial charge in [0.05, 0.1) is 6.61 Å². The number of hydrogen-bond donors (Lipinski definition) is 1. The number of methoxy groups -OCH3 is 1. The minimum Gasteiger partial charge on any atom is -0.383 e. The first-order chi connectivity index (χ1) is 7.63. The van der Waals surface area contributed by atoms with Crippen LogP contribution in [0.3, 0.4) is 0 Å². The summed E-state index contributed by atoms with van der Waals surface area (Å²) in [4.78, 5) is 2.14. The fraction of sp³-hybridized carbons (Fsp3) is 0.500. The van der Waals surface area contributed by atoms with Crippen LogP contribution in [0.2, 0.25) is 5.02 Å². The molecule has 90 valence electrons. The molecule has 0 amide bonds. The predicted octanol–water partition coefficient (Wildman–Crippen LogP) is 1.75. The topological polar surface area (TPSA) is 38.5 Å². The van der Waals surface area contributed by atoms with E-state index in [1.54, 1.807) is 7.11 Å². The lowest BCUT2D eigenvalue weighted by atomic mass is 10.2. The van der Waals surface area contributed by atoms with Gasteiger partial charge in [0.1, 0.15) is 0 Å². The molecule has 1 rings (SSSR count). The number of benzene rings is 1. The van der Waals surface area contributed by atoms with E-state index in [-0.39, 0.29) is 6.04 Å². The van der Waals surface area contributed by atoms with Gasteiger partial charge in [0.2, 0.25) is 0 Å². The standard InChI is InChI=1S/C12H19ClN2O/c1-15(8-11(14)9-16-2)7-10-5-3-4-6-12(10)13/h3-6,11H,7-9,14H2,1-2H3. The molecule has 0 aliphatic carbocycles. The number of hydrogen-bond acceptors (Lipinski definition) is 3. The van der Waals surface area contributed by atoms with Crippen molar-refractivity contribution >= 4 is 11.6 Å². The molecule has 0 saturated heterocycles. The van der Waals surface area contributed by atoms with E-state index in [9.17, 15) is 0 Å². The van der Waals surface area contributed by atoms with Crippen LogP contribution in [0.1, 0.15) is 5.56 Å². The van der Waals surface area contributed by atoms with Crippen molar-refractivity contribution in [3.05, 3.63) is 34.9 Å². The van der Waals surface area contributed by atoms with E-state index in [2.05, 4.69) is 4.90 Å². The lowest BCUT2D eigenvalue weighted by Gasteiger charge is -2.21. The Labute approximate surface area is 102 Å². The molecular weight excluding hydrogens is 224 g/mol. The normalized spacial score (nSPS) is 13.1. The van der Waals surface area contributed by atoms with Crippen LogP contribution in [0.25, 0.3) is 0 Å². The van der Waals surface area contributed by atoms with Crippen LogP contribution in [-0.4, -0.2) is 38.3 Å². The molecule has 1 aromatic rings. The highest BCUT2D eigenvalue weighted by molar-refractivity contribution is 6.31. The fourth-order valence-corrected chi connectivity index (χ4v) is 1.84.